The minimum absolute atomic E-state index is 0.0462. The molecule has 2 N–H and O–H groups in total. The lowest BCUT2D eigenvalue weighted by Gasteiger charge is -2.09. The van der Waals surface area contributed by atoms with Crippen molar-refractivity contribution in [3.8, 4) is 0 Å². The largest absolute Gasteiger partial charge is 0.332 e. The predicted molar refractivity (Wildman–Crippen MR) is 101 cm³/mol. The highest BCUT2D eigenvalue weighted by Gasteiger charge is 2.19. The summed E-state index contributed by atoms with van der Waals surface area (Å²) >= 11 is 5.08. The van der Waals surface area contributed by atoms with E-state index in [1.807, 2.05) is 0 Å². The first-order valence-electron chi connectivity index (χ1n) is 7.92. The van der Waals surface area contributed by atoms with E-state index in [9.17, 15) is 27.7 Å². The van der Waals surface area contributed by atoms with Crippen molar-refractivity contribution >= 4 is 34.5 Å². The molecule has 0 aliphatic heterocycles. The molecule has 0 aliphatic rings. The molecule has 3 rings (SSSR count). The van der Waals surface area contributed by atoms with Crippen molar-refractivity contribution in [1.82, 2.24) is 9.78 Å². The SMILES string of the molecule is O=[N+]([O-])c1cccc(NC(=S)Nc2ccn(Cc3c(F)c(F)cc(F)c3F)n2)c1. The van der Waals surface area contributed by atoms with Gasteiger partial charge in [0, 0.05) is 36.1 Å². The normalized spacial score (nSPS) is 10.6. The van der Waals surface area contributed by atoms with E-state index in [1.54, 1.807) is 6.07 Å². The molecular formula is C17H11F4N5O2S. The summed E-state index contributed by atoms with van der Waals surface area (Å²) in [6.45, 7) is -0.556. The van der Waals surface area contributed by atoms with E-state index in [2.05, 4.69) is 15.7 Å². The van der Waals surface area contributed by atoms with Crippen molar-refractivity contribution < 1.29 is 22.5 Å². The van der Waals surface area contributed by atoms with Crippen LogP contribution in [0.5, 0.6) is 0 Å². The molecule has 7 nitrogen and oxygen atoms in total. The van der Waals surface area contributed by atoms with Crippen molar-refractivity contribution in [3.63, 3.8) is 0 Å². The number of thiocarbonyl (C=S) groups is 1. The molecule has 3 aromatic rings. The van der Waals surface area contributed by atoms with Crippen LogP contribution in [0.25, 0.3) is 0 Å². The maximum Gasteiger partial charge on any atom is 0.271 e. The summed E-state index contributed by atoms with van der Waals surface area (Å²) in [5.41, 5.74) is -0.585. The van der Waals surface area contributed by atoms with Crippen LogP contribution < -0.4 is 10.6 Å². The molecular weight excluding hydrogens is 414 g/mol. The van der Waals surface area contributed by atoms with Crippen LogP contribution in [0.2, 0.25) is 0 Å². The number of rotatable bonds is 5. The lowest BCUT2D eigenvalue weighted by molar-refractivity contribution is -0.384. The highest BCUT2D eigenvalue weighted by Crippen LogP contribution is 2.21. The van der Waals surface area contributed by atoms with Crippen LogP contribution in [-0.4, -0.2) is 19.8 Å². The van der Waals surface area contributed by atoms with Gasteiger partial charge >= 0.3 is 0 Å². The number of nitro benzene ring substituents is 1. The van der Waals surface area contributed by atoms with Gasteiger partial charge in [-0.2, -0.15) is 5.10 Å². The minimum Gasteiger partial charge on any atom is -0.332 e. The van der Waals surface area contributed by atoms with Gasteiger partial charge in [-0.15, -0.1) is 0 Å². The number of hydrogen-bond donors (Lipinski definition) is 2. The van der Waals surface area contributed by atoms with Crippen LogP contribution in [0.4, 0.5) is 34.8 Å². The van der Waals surface area contributed by atoms with Gasteiger partial charge in [-0.1, -0.05) is 6.07 Å². The van der Waals surface area contributed by atoms with Crippen LogP contribution in [0, 0.1) is 33.4 Å². The number of nitrogens with one attached hydrogen (secondary N) is 2. The zero-order valence-corrected chi connectivity index (χ0v) is 15.1. The monoisotopic (exact) mass is 425 g/mol. The molecule has 1 heterocycles. The molecule has 0 saturated heterocycles. The van der Waals surface area contributed by atoms with Gasteiger partial charge in [0.15, 0.2) is 34.2 Å². The van der Waals surface area contributed by atoms with Gasteiger partial charge < -0.3 is 10.6 Å². The summed E-state index contributed by atoms with van der Waals surface area (Å²) in [5.74, 6) is -5.85. The first kappa shape index (κ1) is 20.2. The number of nitrogens with zero attached hydrogens (tertiary/aromatic N) is 3. The molecule has 29 heavy (non-hydrogen) atoms. The van der Waals surface area contributed by atoms with Gasteiger partial charge in [-0.3, -0.25) is 14.8 Å². The first-order chi connectivity index (χ1) is 13.7. The fraction of sp³-hybridized carbons (Fsp3) is 0.0588. The molecule has 0 spiro atoms. The summed E-state index contributed by atoms with van der Waals surface area (Å²) in [7, 11) is 0. The Kier molecular flexibility index (Phi) is 5.73. The Morgan fingerprint density at radius 1 is 1.10 bits per heavy atom. The van der Waals surface area contributed by atoms with Crippen molar-refractivity contribution in [1.29, 1.82) is 0 Å². The van der Waals surface area contributed by atoms with Crippen LogP contribution >= 0.6 is 12.2 Å². The number of aromatic nitrogens is 2. The Bertz CT molecular complexity index is 1080. The molecule has 0 radical (unpaired) electrons. The first-order valence-corrected chi connectivity index (χ1v) is 8.33. The summed E-state index contributed by atoms with van der Waals surface area (Å²) in [5, 5.41) is 20.2. The zero-order chi connectivity index (χ0) is 21.1. The van der Waals surface area contributed by atoms with E-state index in [4.69, 9.17) is 12.2 Å². The van der Waals surface area contributed by atoms with Gasteiger partial charge in [0.25, 0.3) is 5.69 Å². The van der Waals surface area contributed by atoms with Gasteiger partial charge in [-0.25, -0.2) is 17.6 Å². The highest BCUT2D eigenvalue weighted by molar-refractivity contribution is 7.80. The molecule has 0 unspecified atom stereocenters. The molecule has 0 aliphatic carbocycles. The lowest BCUT2D eigenvalue weighted by Crippen LogP contribution is -2.19. The summed E-state index contributed by atoms with van der Waals surface area (Å²) < 4.78 is 55.2. The highest BCUT2D eigenvalue weighted by atomic mass is 32.1. The zero-order valence-electron chi connectivity index (χ0n) is 14.3. The van der Waals surface area contributed by atoms with Crippen molar-refractivity contribution in [3.05, 3.63) is 81.5 Å². The third kappa shape index (κ3) is 4.66. The molecule has 0 saturated carbocycles. The third-order valence-corrected chi connectivity index (χ3v) is 3.92. The van der Waals surface area contributed by atoms with E-state index >= 15 is 0 Å². The Hall–Kier alpha value is -3.54. The number of benzene rings is 2. The maximum atomic E-state index is 13.8. The summed E-state index contributed by atoms with van der Waals surface area (Å²) in [6, 6.07) is 7.16. The Labute approximate surface area is 166 Å². The molecule has 150 valence electrons. The van der Waals surface area contributed by atoms with Crippen molar-refractivity contribution in [2.45, 2.75) is 6.54 Å². The van der Waals surface area contributed by atoms with Gasteiger partial charge in [-0.05, 0) is 18.3 Å². The predicted octanol–water partition coefficient (Wildman–Crippen LogP) is 4.20. The maximum absolute atomic E-state index is 13.8. The second-order valence-corrected chi connectivity index (χ2v) is 6.14. The van der Waals surface area contributed by atoms with Crippen molar-refractivity contribution in [2.24, 2.45) is 0 Å². The van der Waals surface area contributed by atoms with E-state index in [0.717, 1.165) is 4.68 Å². The molecule has 1 aromatic heterocycles. The van der Waals surface area contributed by atoms with Crippen LogP contribution in [0.1, 0.15) is 5.56 Å². The quantitative estimate of drug-likeness (QED) is 0.210. The molecule has 2 aromatic carbocycles. The Morgan fingerprint density at radius 2 is 1.79 bits per heavy atom. The average molecular weight is 425 g/mol. The second kappa shape index (κ2) is 8.22. The fourth-order valence-corrected chi connectivity index (χ4v) is 2.64. The number of halogens is 4. The van der Waals surface area contributed by atoms with Gasteiger partial charge in [0.1, 0.15) is 0 Å². The van der Waals surface area contributed by atoms with Crippen molar-refractivity contribution in [2.75, 3.05) is 10.6 Å². The fourth-order valence-electron chi connectivity index (χ4n) is 2.42. The average Bonchev–Trinajstić information content (AvgIpc) is 3.10. The Morgan fingerprint density at radius 3 is 2.45 bits per heavy atom. The number of anilines is 2. The molecule has 0 fully saturated rings. The van der Waals surface area contributed by atoms with Crippen LogP contribution in [0.15, 0.2) is 42.6 Å². The van der Waals surface area contributed by atoms with E-state index in [-0.39, 0.29) is 22.7 Å². The summed E-state index contributed by atoms with van der Waals surface area (Å²) in [6.07, 6.45) is 1.32. The topological polar surface area (TPSA) is 85.0 Å². The minimum atomic E-state index is -1.51. The standard InChI is InChI=1S/C17H11F4N5O2S/c18-12-7-13(19)16(21)11(15(12)20)8-25-5-4-14(24-25)23-17(29)22-9-2-1-3-10(6-9)26(27)28/h1-7H,8H2,(H2,22,23,24,29). The molecule has 12 heteroatoms. The van der Waals surface area contributed by atoms with Gasteiger partial charge in [0.2, 0.25) is 0 Å². The Balaban J connectivity index is 1.69. The number of nitro groups is 1. The van der Waals surface area contributed by atoms with Gasteiger partial charge in [0.05, 0.1) is 17.0 Å². The molecule has 0 amide bonds. The molecule has 0 bridgehead atoms. The van der Waals surface area contributed by atoms with Crippen LogP contribution in [-0.2, 0) is 6.54 Å². The number of non-ortho nitro benzene ring substituents is 1. The number of hydrogen-bond acceptors (Lipinski definition) is 4. The third-order valence-electron chi connectivity index (χ3n) is 3.72. The smallest absolute Gasteiger partial charge is 0.271 e. The van der Waals surface area contributed by atoms with E-state index in [1.165, 1.54) is 30.5 Å². The molecule has 0 atom stereocenters. The summed E-state index contributed by atoms with van der Waals surface area (Å²) in [4.78, 5) is 10.2. The lowest BCUT2D eigenvalue weighted by atomic mass is 10.2. The second-order valence-electron chi connectivity index (χ2n) is 5.73. The van der Waals surface area contributed by atoms with E-state index < -0.39 is 40.3 Å². The van der Waals surface area contributed by atoms with E-state index in [0.29, 0.717) is 5.69 Å². The van der Waals surface area contributed by atoms with Crippen LogP contribution in [0.3, 0.4) is 0 Å².